The van der Waals surface area contributed by atoms with Crippen LogP contribution in [0.2, 0.25) is 0 Å². The molecule has 0 aromatic heterocycles. The van der Waals surface area contributed by atoms with Crippen LogP contribution >= 0.6 is 0 Å². The van der Waals surface area contributed by atoms with Gasteiger partial charge in [-0.05, 0) is 37.5 Å². The second-order valence-electron chi connectivity index (χ2n) is 5.34. The van der Waals surface area contributed by atoms with Gasteiger partial charge in [-0.2, -0.15) is 0 Å². The predicted octanol–water partition coefficient (Wildman–Crippen LogP) is 2.12. The molecule has 2 saturated heterocycles. The van der Waals surface area contributed by atoms with E-state index in [1.165, 1.54) is 64.7 Å². The van der Waals surface area contributed by atoms with Gasteiger partial charge in [0.2, 0.25) is 0 Å². The van der Waals surface area contributed by atoms with Crippen molar-refractivity contribution in [1.82, 2.24) is 10.0 Å². The molecule has 80 valence electrons. The van der Waals surface area contributed by atoms with Crippen LogP contribution in [0.3, 0.4) is 0 Å². The zero-order chi connectivity index (χ0) is 9.38. The fraction of sp³-hybridized carbons (Fsp3) is 1.00. The van der Waals surface area contributed by atoms with E-state index in [2.05, 4.69) is 10.0 Å². The normalized spacial score (nSPS) is 40.3. The molecule has 3 aliphatic rings. The van der Waals surface area contributed by atoms with Gasteiger partial charge in [0.25, 0.3) is 0 Å². The van der Waals surface area contributed by atoms with Crippen LogP contribution in [-0.4, -0.2) is 36.2 Å². The number of fused-ring (bicyclic) bond motifs is 2. The van der Waals surface area contributed by atoms with Crippen LogP contribution in [0.1, 0.15) is 38.5 Å². The van der Waals surface area contributed by atoms with Gasteiger partial charge in [-0.25, -0.2) is 10.0 Å². The van der Waals surface area contributed by atoms with Crippen molar-refractivity contribution in [3.05, 3.63) is 0 Å². The molecule has 0 aromatic rings. The molecule has 2 nitrogen and oxygen atoms in total. The molecule has 0 bridgehead atoms. The van der Waals surface area contributed by atoms with Gasteiger partial charge in [0.05, 0.1) is 0 Å². The number of hydrogen-bond acceptors (Lipinski definition) is 2. The van der Waals surface area contributed by atoms with Crippen LogP contribution < -0.4 is 0 Å². The first-order valence-electron chi connectivity index (χ1n) is 6.43. The minimum Gasteiger partial charge on any atom is -0.241 e. The van der Waals surface area contributed by atoms with Gasteiger partial charge >= 0.3 is 0 Å². The molecule has 0 radical (unpaired) electrons. The van der Waals surface area contributed by atoms with E-state index < -0.39 is 0 Å². The van der Waals surface area contributed by atoms with Crippen molar-refractivity contribution in [2.75, 3.05) is 26.2 Å². The number of nitrogens with zero attached hydrogens (tertiary/aromatic N) is 2. The maximum absolute atomic E-state index is 2.65. The zero-order valence-corrected chi connectivity index (χ0v) is 9.12. The van der Waals surface area contributed by atoms with Crippen LogP contribution in [0.5, 0.6) is 0 Å². The van der Waals surface area contributed by atoms with E-state index in [4.69, 9.17) is 0 Å². The molecule has 2 heteroatoms. The SMILES string of the molecule is C1CC[C@H]2CN3CCCCN3C[C@@H]2C1. The summed E-state index contributed by atoms with van der Waals surface area (Å²) in [5, 5.41) is 5.30. The first-order valence-corrected chi connectivity index (χ1v) is 6.43. The first kappa shape index (κ1) is 9.17. The molecule has 3 fully saturated rings. The number of hydrogen-bond donors (Lipinski definition) is 0. The molecule has 1 aliphatic carbocycles. The van der Waals surface area contributed by atoms with E-state index in [1.54, 1.807) is 0 Å². The average molecular weight is 194 g/mol. The molecule has 2 heterocycles. The summed E-state index contributed by atoms with van der Waals surface area (Å²) in [7, 11) is 0. The quantitative estimate of drug-likeness (QED) is 0.583. The lowest BCUT2D eigenvalue weighted by Gasteiger charge is -2.50. The smallest absolute Gasteiger partial charge is 0.0164 e. The van der Waals surface area contributed by atoms with Crippen molar-refractivity contribution < 1.29 is 0 Å². The van der Waals surface area contributed by atoms with Crippen LogP contribution in [0.25, 0.3) is 0 Å². The van der Waals surface area contributed by atoms with Crippen molar-refractivity contribution in [1.29, 1.82) is 0 Å². The van der Waals surface area contributed by atoms with Crippen LogP contribution in [-0.2, 0) is 0 Å². The van der Waals surface area contributed by atoms with Crippen molar-refractivity contribution in [2.45, 2.75) is 38.5 Å². The summed E-state index contributed by atoms with van der Waals surface area (Å²) in [6.07, 6.45) is 8.86. The second-order valence-corrected chi connectivity index (χ2v) is 5.34. The third-order valence-corrected chi connectivity index (χ3v) is 4.44. The molecule has 0 spiro atoms. The van der Waals surface area contributed by atoms with E-state index in [1.807, 2.05) is 0 Å². The molecule has 1 saturated carbocycles. The largest absolute Gasteiger partial charge is 0.241 e. The Morgan fingerprint density at radius 3 is 1.64 bits per heavy atom. The molecule has 0 N–H and O–H groups in total. The lowest BCUT2D eigenvalue weighted by molar-refractivity contribution is -0.121. The highest BCUT2D eigenvalue weighted by Gasteiger charge is 2.35. The Morgan fingerprint density at radius 1 is 0.643 bits per heavy atom. The molecule has 2 atom stereocenters. The van der Waals surface area contributed by atoms with Gasteiger partial charge in [0, 0.05) is 26.2 Å². The topological polar surface area (TPSA) is 6.48 Å². The minimum atomic E-state index is 1.04. The summed E-state index contributed by atoms with van der Waals surface area (Å²) in [5.74, 6) is 2.08. The molecule has 14 heavy (non-hydrogen) atoms. The summed E-state index contributed by atoms with van der Waals surface area (Å²) in [6.45, 7) is 5.43. The molecule has 0 aromatic carbocycles. The zero-order valence-electron chi connectivity index (χ0n) is 9.12. The summed E-state index contributed by atoms with van der Waals surface area (Å²) >= 11 is 0. The van der Waals surface area contributed by atoms with Gasteiger partial charge in [-0.15, -0.1) is 0 Å². The van der Waals surface area contributed by atoms with Crippen molar-refractivity contribution in [3.8, 4) is 0 Å². The first-order chi connectivity index (χ1) is 6.93. The summed E-state index contributed by atoms with van der Waals surface area (Å²) in [5.41, 5.74) is 0. The second kappa shape index (κ2) is 3.82. The monoisotopic (exact) mass is 194 g/mol. The fourth-order valence-corrected chi connectivity index (χ4v) is 3.59. The van der Waals surface area contributed by atoms with Gasteiger partial charge in [0.15, 0.2) is 0 Å². The highest BCUT2D eigenvalue weighted by Crippen LogP contribution is 2.35. The van der Waals surface area contributed by atoms with E-state index >= 15 is 0 Å². The lowest BCUT2D eigenvalue weighted by atomic mass is 9.77. The number of rotatable bonds is 0. The van der Waals surface area contributed by atoms with Gasteiger partial charge < -0.3 is 0 Å². The van der Waals surface area contributed by atoms with E-state index in [-0.39, 0.29) is 0 Å². The van der Waals surface area contributed by atoms with E-state index in [9.17, 15) is 0 Å². The maximum atomic E-state index is 2.65. The summed E-state index contributed by atoms with van der Waals surface area (Å²) in [4.78, 5) is 0. The van der Waals surface area contributed by atoms with Gasteiger partial charge in [-0.1, -0.05) is 12.8 Å². The minimum absolute atomic E-state index is 1.04. The predicted molar refractivity (Wildman–Crippen MR) is 57.8 cm³/mol. The van der Waals surface area contributed by atoms with Crippen LogP contribution in [0.4, 0.5) is 0 Å². The van der Waals surface area contributed by atoms with Crippen LogP contribution in [0.15, 0.2) is 0 Å². The average Bonchev–Trinajstić information content (AvgIpc) is 2.26. The van der Waals surface area contributed by atoms with Crippen molar-refractivity contribution in [3.63, 3.8) is 0 Å². The Hall–Kier alpha value is -0.0800. The fourth-order valence-electron chi connectivity index (χ4n) is 3.59. The van der Waals surface area contributed by atoms with Crippen molar-refractivity contribution in [2.24, 2.45) is 11.8 Å². The third-order valence-electron chi connectivity index (χ3n) is 4.44. The number of hydrazine groups is 1. The Balaban J connectivity index is 1.68. The molecular formula is C12H22N2. The molecule has 2 aliphatic heterocycles. The highest BCUT2D eigenvalue weighted by molar-refractivity contribution is 4.85. The Labute approximate surface area is 87.2 Å². The Bertz CT molecular complexity index is 162. The van der Waals surface area contributed by atoms with E-state index in [0.717, 1.165) is 11.8 Å². The molecule has 3 rings (SSSR count). The van der Waals surface area contributed by atoms with Gasteiger partial charge in [-0.3, -0.25) is 0 Å². The highest BCUT2D eigenvalue weighted by atomic mass is 15.6. The van der Waals surface area contributed by atoms with E-state index in [0.29, 0.717) is 0 Å². The summed E-state index contributed by atoms with van der Waals surface area (Å²) in [6, 6.07) is 0. The molecule has 0 amide bonds. The maximum Gasteiger partial charge on any atom is 0.0164 e. The van der Waals surface area contributed by atoms with Crippen LogP contribution in [0, 0.1) is 11.8 Å². The third kappa shape index (κ3) is 1.59. The lowest BCUT2D eigenvalue weighted by Crippen LogP contribution is -2.57. The Morgan fingerprint density at radius 2 is 1.14 bits per heavy atom. The Kier molecular flexibility index (Phi) is 2.50. The molecular weight excluding hydrogens is 172 g/mol. The van der Waals surface area contributed by atoms with Gasteiger partial charge in [0.1, 0.15) is 0 Å². The standard InChI is InChI=1S/C12H22N2/c1-2-6-12-10-14-8-4-3-7-13(14)9-11(12)5-1/h11-12H,1-10H2/t11-,12-/m0/s1. The molecule has 0 unspecified atom stereocenters. The summed E-state index contributed by atoms with van der Waals surface area (Å²) < 4.78 is 0. The van der Waals surface area contributed by atoms with Crippen molar-refractivity contribution >= 4 is 0 Å².